The van der Waals surface area contributed by atoms with Crippen molar-refractivity contribution < 1.29 is 12.8 Å². The molecule has 126 valence electrons. The topological polar surface area (TPSA) is 72.2 Å². The molecule has 0 spiro atoms. The molecule has 2 aromatic heterocycles. The molecule has 1 aromatic carbocycles. The number of sulfonamides is 1. The highest BCUT2D eigenvalue weighted by atomic mass is 32.2. The van der Waals surface area contributed by atoms with Gasteiger partial charge in [-0.15, -0.1) is 11.3 Å². The Kier molecular flexibility index (Phi) is 4.58. The lowest BCUT2D eigenvalue weighted by molar-refractivity contribution is 0.475. The van der Waals surface area contributed by atoms with Gasteiger partial charge < -0.3 is 4.42 Å². The van der Waals surface area contributed by atoms with Crippen molar-refractivity contribution >= 4 is 21.4 Å². The summed E-state index contributed by atoms with van der Waals surface area (Å²) in [6.07, 6.45) is 0. The zero-order chi connectivity index (χ0) is 17.3. The monoisotopic (exact) mass is 362 g/mol. The zero-order valence-corrected chi connectivity index (χ0v) is 15.3. The third-order valence-corrected chi connectivity index (χ3v) is 5.94. The van der Waals surface area contributed by atoms with E-state index in [4.69, 9.17) is 4.42 Å². The summed E-state index contributed by atoms with van der Waals surface area (Å²) in [6, 6.07) is 8.92. The third-order valence-electron chi connectivity index (χ3n) is 3.62. The highest BCUT2D eigenvalue weighted by molar-refractivity contribution is 7.89. The molecule has 0 saturated heterocycles. The lowest BCUT2D eigenvalue weighted by Gasteiger charge is -2.10. The molecule has 3 rings (SSSR count). The van der Waals surface area contributed by atoms with Gasteiger partial charge in [-0.05, 0) is 44.5 Å². The van der Waals surface area contributed by atoms with E-state index in [1.54, 1.807) is 31.2 Å². The van der Waals surface area contributed by atoms with Crippen LogP contribution in [0.4, 0.5) is 0 Å². The minimum absolute atomic E-state index is 0.121. The number of furan rings is 1. The lowest BCUT2D eigenvalue weighted by Crippen LogP contribution is -2.23. The summed E-state index contributed by atoms with van der Waals surface area (Å²) >= 11 is 1.54. The SMILES string of the molecule is Cc1ccc(CNS(=O)(=O)c2cc(-c3csc(C)n3)ccc2C)o1. The number of nitrogens with zero attached hydrogens (tertiary/aromatic N) is 1. The maximum Gasteiger partial charge on any atom is 0.241 e. The van der Waals surface area contributed by atoms with Gasteiger partial charge in [0.05, 0.1) is 22.1 Å². The number of hydrogen-bond donors (Lipinski definition) is 1. The average Bonchev–Trinajstić information content (AvgIpc) is 3.14. The summed E-state index contributed by atoms with van der Waals surface area (Å²) in [7, 11) is -3.64. The minimum Gasteiger partial charge on any atom is -0.465 e. The minimum atomic E-state index is -3.64. The maximum atomic E-state index is 12.7. The van der Waals surface area contributed by atoms with Crippen LogP contribution < -0.4 is 4.72 Å². The normalized spacial score (nSPS) is 11.8. The van der Waals surface area contributed by atoms with Gasteiger partial charge in [0.2, 0.25) is 10.0 Å². The molecule has 7 heteroatoms. The fourth-order valence-corrected chi connectivity index (χ4v) is 4.25. The Labute approximate surface area is 145 Å². The van der Waals surface area contributed by atoms with Crippen molar-refractivity contribution in [2.75, 3.05) is 0 Å². The first-order chi connectivity index (χ1) is 11.3. The van der Waals surface area contributed by atoms with Gasteiger partial charge in [0.1, 0.15) is 11.5 Å². The molecule has 1 N–H and O–H groups in total. The summed E-state index contributed by atoms with van der Waals surface area (Å²) < 4.78 is 33.3. The van der Waals surface area contributed by atoms with Gasteiger partial charge in [0.25, 0.3) is 0 Å². The molecule has 0 aliphatic heterocycles. The second-order valence-corrected chi connectivity index (χ2v) is 8.37. The molecule has 5 nitrogen and oxygen atoms in total. The Bertz CT molecular complexity index is 971. The molecule has 2 heterocycles. The van der Waals surface area contributed by atoms with Crippen LogP contribution in [0.25, 0.3) is 11.3 Å². The number of rotatable bonds is 5. The van der Waals surface area contributed by atoms with E-state index in [1.165, 1.54) is 11.3 Å². The predicted molar refractivity (Wildman–Crippen MR) is 94.5 cm³/mol. The quantitative estimate of drug-likeness (QED) is 0.749. The van der Waals surface area contributed by atoms with Crippen molar-refractivity contribution in [2.45, 2.75) is 32.2 Å². The molecule has 3 aromatic rings. The van der Waals surface area contributed by atoms with E-state index < -0.39 is 10.0 Å². The van der Waals surface area contributed by atoms with Crippen LogP contribution in [0.3, 0.4) is 0 Å². The Morgan fingerprint density at radius 2 is 1.96 bits per heavy atom. The van der Waals surface area contributed by atoms with E-state index in [-0.39, 0.29) is 11.4 Å². The summed E-state index contributed by atoms with van der Waals surface area (Å²) in [6.45, 7) is 5.64. The maximum absolute atomic E-state index is 12.7. The van der Waals surface area contributed by atoms with Crippen molar-refractivity contribution in [2.24, 2.45) is 0 Å². The summed E-state index contributed by atoms with van der Waals surface area (Å²) in [5.74, 6) is 1.33. The van der Waals surface area contributed by atoms with Crippen molar-refractivity contribution in [1.29, 1.82) is 0 Å². The fraction of sp³-hybridized carbons (Fsp3) is 0.235. The predicted octanol–water partition coefficient (Wildman–Crippen LogP) is 3.81. The Morgan fingerprint density at radius 1 is 1.17 bits per heavy atom. The van der Waals surface area contributed by atoms with Crippen LogP contribution in [-0.2, 0) is 16.6 Å². The van der Waals surface area contributed by atoms with E-state index in [0.717, 1.165) is 22.0 Å². The largest absolute Gasteiger partial charge is 0.465 e. The van der Waals surface area contributed by atoms with Crippen LogP contribution >= 0.6 is 11.3 Å². The molecule has 0 radical (unpaired) electrons. The van der Waals surface area contributed by atoms with Gasteiger partial charge in [-0.1, -0.05) is 12.1 Å². The Hall–Kier alpha value is -1.96. The summed E-state index contributed by atoms with van der Waals surface area (Å²) in [5, 5.41) is 2.87. The van der Waals surface area contributed by atoms with Crippen LogP contribution in [0, 0.1) is 20.8 Å². The number of benzene rings is 1. The van der Waals surface area contributed by atoms with E-state index in [9.17, 15) is 8.42 Å². The standard InChI is InChI=1S/C17H18N2O3S2/c1-11-4-6-14(16-10-23-13(3)19-16)8-17(11)24(20,21)18-9-15-7-5-12(2)22-15/h4-8,10,18H,9H2,1-3H3. The zero-order valence-electron chi connectivity index (χ0n) is 13.7. The lowest BCUT2D eigenvalue weighted by atomic mass is 10.1. The Balaban J connectivity index is 1.89. The number of aryl methyl sites for hydroxylation is 3. The molecule has 0 aliphatic carbocycles. The van der Waals surface area contributed by atoms with E-state index >= 15 is 0 Å². The second kappa shape index (κ2) is 6.51. The van der Waals surface area contributed by atoms with Crippen molar-refractivity contribution in [3.05, 3.63) is 57.8 Å². The molecule has 0 bridgehead atoms. The highest BCUT2D eigenvalue weighted by Crippen LogP contribution is 2.26. The van der Waals surface area contributed by atoms with E-state index in [2.05, 4.69) is 9.71 Å². The molecule has 0 unspecified atom stereocenters. The van der Waals surface area contributed by atoms with Crippen molar-refractivity contribution in [3.8, 4) is 11.3 Å². The summed E-state index contributed by atoms with van der Waals surface area (Å²) in [4.78, 5) is 4.68. The number of hydrogen-bond acceptors (Lipinski definition) is 5. The molecular formula is C17H18N2O3S2. The van der Waals surface area contributed by atoms with E-state index in [0.29, 0.717) is 11.3 Å². The third kappa shape index (κ3) is 3.58. The highest BCUT2D eigenvalue weighted by Gasteiger charge is 2.18. The molecular weight excluding hydrogens is 344 g/mol. The van der Waals surface area contributed by atoms with Gasteiger partial charge in [-0.2, -0.15) is 0 Å². The molecule has 0 fully saturated rings. The van der Waals surface area contributed by atoms with Crippen LogP contribution in [-0.4, -0.2) is 13.4 Å². The molecule has 0 aliphatic rings. The number of thiazole rings is 1. The molecule has 24 heavy (non-hydrogen) atoms. The first kappa shape index (κ1) is 16.9. The van der Waals surface area contributed by atoms with Gasteiger partial charge >= 0.3 is 0 Å². The second-order valence-electron chi connectivity index (χ2n) is 5.57. The van der Waals surface area contributed by atoms with Crippen LogP contribution in [0.1, 0.15) is 22.1 Å². The van der Waals surface area contributed by atoms with Crippen molar-refractivity contribution in [3.63, 3.8) is 0 Å². The Morgan fingerprint density at radius 3 is 2.58 bits per heavy atom. The van der Waals surface area contributed by atoms with Gasteiger partial charge in [-0.3, -0.25) is 0 Å². The van der Waals surface area contributed by atoms with Gasteiger partial charge in [0, 0.05) is 10.9 Å². The smallest absolute Gasteiger partial charge is 0.241 e. The average molecular weight is 362 g/mol. The van der Waals surface area contributed by atoms with Crippen molar-refractivity contribution in [1.82, 2.24) is 9.71 Å². The molecule has 0 atom stereocenters. The van der Waals surface area contributed by atoms with Gasteiger partial charge in [0.15, 0.2) is 0 Å². The van der Waals surface area contributed by atoms with E-state index in [1.807, 2.05) is 25.3 Å². The fourth-order valence-electron chi connectivity index (χ4n) is 2.37. The van der Waals surface area contributed by atoms with Crippen LogP contribution in [0.2, 0.25) is 0 Å². The summed E-state index contributed by atoms with van der Waals surface area (Å²) in [5.41, 5.74) is 2.27. The number of nitrogens with one attached hydrogen (secondary N) is 1. The van der Waals surface area contributed by atoms with Gasteiger partial charge in [-0.25, -0.2) is 18.1 Å². The first-order valence-electron chi connectivity index (χ1n) is 7.43. The van der Waals surface area contributed by atoms with Crippen LogP contribution in [0.5, 0.6) is 0 Å². The molecule has 0 saturated carbocycles. The first-order valence-corrected chi connectivity index (χ1v) is 9.79. The van der Waals surface area contributed by atoms with Crippen LogP contribution in [0.15, 0.2) is 45.0 Å². The number of aromatic nitrogens is 1. The molecule has 0 amide bonds.